The Bertz CT molecular complexity index is 745. The molecule has 1 N–H and O–H groups in total. The van der Waals surface area contributed by atoms with Gasteiger partial charge in [-0.05, 0) is 37.8 Å². The highest BCUT2D eigenvalue weighted by Gasteiger charge is 2.64. The molecule has 7 nitrogen and oxygen atoms in total. The van der Waals surface area contributed by atoms with Crippen molar-refractivity contribution in [2.24, 2.45) is 23.7 Å². The van der Waals surface area contributed by atoms with Gasteiger partial charge in [-0.1, -0.05) is 12.1 Å². The average molecular weight is 359 g/mol. The molecular weight excluding hydrogens is 338 g/mol. The molecule has 5 atom stereocenters. The Hall–Kier alpha value is -2.57. The number of fused-ring (bicyclic) bond motifs is 1. The Labute approximate surface area is 151 Å². The van der Waals surface area contributed by atoms with Gasteiger partial charge >= 0.3 is 11.9 Å². The second-order valence-corrected chi connectivity index (χ2v) is 7.01. The number of rotatable bonds is 6. The summed E-state index contributed by atoms with van der Waals surface area (Å²) in [5.74, 6) is -1.27. The second-order valence-electron chi connectivity index (χ2n) is 7.01. The molecule has 1 aliphatic heterocycles. The van der Waals surface area contributed by atoms with Gasteiger partial charge in [0.05, 0.1) is 24.1 Å². The molecule has 1 saturated heterocycles. The number of anilines is 1. The van der Waals surface area contributed by atoms with Gasteiger partial charge in [0.2, 0.25) is 0 Å². The maximum absolute atomic E-state index is 12.5. The highest BCUT2D eigenvalue weighted by Crippen LogP contribution is 2.57. The predicted octanol–water partition coefficient (Wildman–Crippen LogP) is 1.76. The first kappa shape index (κ1) is 16.9. The highest BCUT2D eigenvalue weighted by molar-refractivity contribution is 5.94. The number of hydrogen-bond donors (Lipinski definition) is 1. The van der Waals surface area contributed by atoms with E-state index < -0.39 is 30.3 Å². The van der Waals surface area contributed by atoms with Gasteiger partial charge in [-0.3, -0.25) is 14.4 Å². The minimum atomic E-state index is -0.479. The van der Waals surface area contributed by atoms with Crippen molar-refractivity contribution < 1.29 is 28.6 Å². The lowest BCUT2D eigenvalue weighted by atomic mass is 9.80. The Kier molecular flexibility index (Phi) is 4.30. The minimum Gasteiger partial charge on any atom is -0.492 e. The quantitative estimate of drug-likeness (QED) is 0.779. The summed E-state index contributed by atoms with van der Waals surface area (Å²) in [5, 5.41) is 2.68. The third-order valence-electron chi connectivity index (χ3n) is 5.56. The molecule has 0 radical (unpaired) electrons. The van der Waals surface area contributed by atoms with Crippen LogP contribution in [-0.2, 0) is 23.9 Å². The van der Waals surface area contributed by atoms with Gasteiger partial charge in [0.1, 0.15) is 11.9 Å². The van der Waals surface area contributed by atoms with E-state index in [-0.39, 0.29) is 23.9 Å². The van der Waals surface area contributed by atoms with Crippen LogP contribution < -0.4 is 10.1 Å². The molecular formula is C19H21NO6. The van der Waals surface area contributed by atoms with E-state index in [9.17, 15) is 14.4 Å². The van der Waals surface area contributed by atoms with Crippen LogP contribution in [0.1, 0.15) is 19.8 Å². The molecule has 26 heavy (non-hydrogen) atoms. The van der Waals surface area contributed by atoms with Gasteiger partial charge < -0.3 is 19.5 Å². The molecule has 1 aromatic rings. The number of para-hydroxylation sites is 2. The topological polar surface area (TPSA) is 90.9 Å². The summed E-state index contributed by atoms with van der Waals surface area (Å²) < 4.78 is 16.0. The number of hydrogen-bond acceptors (Lipinski definition) is 6. The van der Waals surface area contributed by atoms with E-state index in [4.69, 9.17) is 14.2 Å². The van der Waals surface area contributed by atoms with Crippen molar-refractivity contribution in [1.82, 2.24) is 0 Å². The zero-order valence-electron chi connectivity index (χ0n) is 14.5. The fourth-order valence-corrected chi connectivity index (χ4v) is 4.60. The molecule has 138 valence electrons. The number of nitrogens with one attached hydrogen (secondary N) is 1. The van der Waals surface area contributed by atoms with Crippen LogP contribution in [0.15, 0.2) is 24.3 Å². The van der Waals surface area contributed by atoms with Crippen LogP contribution in [0, 0.1) is 23.7 Å². The van der Waals surface area contributed by atoms with Crippen LogP contribution >= 0.6 is 0 Å². The van der Waals surface area contributed by atoms with Crippen molar-refractivity contribution in [2.45, 2.75) is 25.9 Å². The molecule has 7 heteroatoms. The van der Waals surface area contributed by atoms with Crippen molar-refractivity contribution in [2.75, 3.05) is 18.5 Å². The van der Waals surface area contributed by atoms with Gasteiger partial charge in [-0.25, -0.2) is 0 Å². The number of carbonyl (C=O) groups is 3. The highest BCUT2D eigenvalue weighted by atomic mass is 16.6. The van der Waals surface area contributed by atoms with Crippen molar-refractivity contribution in [3.63, 3.8) is 0 Å². The summed E-state index contributed by atoms with van der Waals surface area (Å²) in [7, 11) is 0. The molecule has 2 bridgehead atoms. The molecule has 1 heterocycles. The van der Waals surface area contributed by atoms with Crippen LogP contribution in [0.3, 0.4) is 0 Å². The molecule has 0 spiro atoms. The Morgan fingerprint density at radius 2 is 2.08 bits per heavy atom. The summed E-state index contributed by atoms with van der Waals surface area (Å²) >= 11 is 0. The van der Waals surface area contributed by atoms with Crippen molar-refractivity contribution >= 4 is 23.5 Å². The van der Waals surface area contributed by atoms with E-state index in [1.165, 1.54) is 0 Å². The zero-order valence-corrected chi connectivity index (χ0v) is 14.5. The van der Waals surface area contributed by atoms with Crippen LogP contribution in [0.5, 0.6) is 5.75 Å². The van der Waals surface area contributed by atoms with Crippen LogP contribution in [-0.4, -0.2) is 37.2 Å². The summed E-state index contributed by atoms with van der Waals surface area (Å²) in [6.45, 7) is 1.94. The Balaban J connectivity index is 1.34. The first-order valence-electron chi connectivity index (χ1n) is 8.97. The molecule has 3 fully saturated rings. The molecule has 1 aromatic carbocycles. The SMILES string of the molecule is CCOc1ccccc1NC(=O)COC(=O)[C@H]1[C@H]2C[C@@H]3[C@@H]1C(=O)O[C@@H]3C2. The van der Waals surface area contributed by atoms with E-state index >= 15 is 0 Å². The summed E-state index contributed by atoms with van der Waals surface area (Å²) in [5.41, 5.74) is 0.525. The van der Waals surface area contributed by atoms with Crippen LogP contribution in [0.4, 0.5) is 5.69 Å². The lowest BCUT2D eigenvalue weighted by molar-refractivity contribution is -0.157. The Morgan fingerprint density at radius 1 is 1.27 bits per heavy atom. The third-order valence-corrected chi connectivity index (χ3v) is 5.56. The van der Waals surface area contributed by atoms with E-state index in [0.29, 0.717) is 18.0 Å². The molecule has 3 aliphatic rings. The smallest absolute Gasteiger partial charge is 0.310 e. The summed E-state index contributed by atoms with van der Waals surface area (Å²) in [6, 6.07) is 7.06. The van der Waals surface area contributed by atoms with E-state index in [1.54, 1.807) is 18.2 Å². The van der Waals surface area contributed by atoms with Gasteiger partial charge in [-0.15, -0.1) is 0 Å². The first-order chi connectivity index (χ1) is 12.6. The molecule has 0 unspecified atom stereocenters. The molecule has 0 aromatic heterocycles. The maximum atomic E-state index is 12.5. The number of benzene rings is 1. The largest absolute Gasteiger partial charge is 0.492 e. The van der Waals surface area contributed by atoms with Crippen molar-refractivity contribution in [1.29, 1.82) is 0 Å². The number of ether oxygens (including phenoxy) is 3. The van der Waals surface area contributed by atoms with E-state index in [0.717, 1.165) is 12.8 Å². The fourth-order valence-electron chi connectivity index (χ4n) is 4.60. The monoisotopic (exact) mass is 359 g/mol. The van der Waals surface area contributed by atoms with Crippen LogP contribution in [0.25, 0.3) is 0 Å². The molecule has 4 rings (SSSR count). The van der Waals surface area contributed by atoms with Crippen LogP contribution in [0.2, 0.25) is 0 Å². The van der Waals surface area contributed by atoms with Gasteiger partial charge in [-0.2, -0.15) is 0 Å². The first-order valence-corrected chi connectivity index (χ1v) is 8.97. The molecule has 1 amide bonds. The number of carbonyl (C=O) groups excluding carboxylic acids is 3. The van der Waals surface area contributed by atoms with Gasteiger partial charge in [0.25, 0.3) is 5.91 Å². The lowest BCUT2D eigenvalue weighted by Crippen LogP contribution is -2.35. The second kappa shape index (κ2) is 6.63. The zero-order chi connectivity index (χ0) is 18.3. The van der Waals surface area contributed by atoms with Gasteiger partial charge in [0.15, 0.2) is 6.61 Å². The van der Waals surface area contributed by atoms with E-state index in [1.807, 2.05) is 13.0 Å². The van der Waals surface area contributed by atoms with Gasteiger partial charge in [0, 0.05) is 5.92 Å². The van der Waals surface area contributed by atoms with E-state index in [2.05, 4.69) is 5.32 Å². The lowest BCUT2D eigenvalue weighted by Gasteiger charge is -2.22. The normalized spacial score (nSPS) is 30.8. The molecule has 2 aliphatic carbocycles. The third kappa shape index (κ3) is 2.81. The van der Waals surface area contributed by atoms with Crippen molar-refractivity contribution in [3.8, 4) is 5.75 Å². The predicted molar refractivity (Wildman–Crippen MR) is 90.3 cm³/mol. The summed E-state index contributed by atoms with van der Waals surface area (Å²) in [6.07, 6.45) is 1.52. The average Bonchev–Trinajstić information content (AvgIpc) is 3.24. The fraction of sp³-hybridized carbons (Fsp3) is 0.526. The standard InChI is InChI=1S/C19H21NO6/c1-2-24-13-6-4-3-5-12(13)20-15(21)9-25-18(22)16-10-7-11-14(8-10)26-19(23)17(11)16/h3-6,10-11,14,16-17H,2,7-9H2,1H3,(H,20,21)/t10-,11-,14+,16-,17-/m0/s1. The Morgan fingerprint density at radius 3 is 2.88 bits per heavy atom. The molecule has 2 saturated carbocycles. The van der Waals surface area contributed by atoms with Crippen molar-refractivity contribution in [3.05, 3.63) is 24.3 Å². The number of amides is 1. The maximum Gasteiger partial charge on any atom is 0.310 e. The minimum absolute atomic E-state index is 0.0279. The number of esters is 2. The summed E-state index contributed by atoms with van der Waals surface area (Å²) in [4.78, 5) is 36.6.